The van der Waals surface area contributed by atoms with Crippen LogP contribution in [0.25, 0.3) is 0 Å². The van der Waals surface area contributed by atoms with Crippen LogP contribution in [0.3, 0.4) is 0 Å². The molecule has 1 aliphatic rings. The van der Waals surface area contributed by atoms with E-state index in [0.29, 0.717) is 11.6 Å². The van der Waals surface area contributed by atoms with Crippen molar-refractivity contribution in [2.24, 2.45) is 14.8 Å². The highest BCUT2D eigenvalue weighted by Gasteiger charge is 2.31. The zero-order valence-electron chi connectivity index (χ0n) is 16.2. The SMILES string of the molecule is CCCCC1(Cc2ccc(C(C)(C)C)cc2)C=NC=C(N=[SH]C(O)=S)C1. The van der Waals surface area contributed by atoms with Gasteiger partial charge < -0.3 is 5.11 Å². The number of benzene rings is 1. The molecule has 5 heteroatoms. The quantitative estimate of drug-likeness (QED) is 0.472. The Morgan fingerprint density at radius 3 is 2.58 bits per heavy atom. The Morgan fingerprint density at radius 1 is 1.31 bits per heavy atom. The van der Waals surface area contributed by atoms with Gasteiger partial charge in [0.1, 0.15) is 0 Å². The summed E-state index contributed by atoms with van der Waals surface area (Å²) >= 11 is 5.16. The molecule has 0 saturated heterocycles. The van der Waals surface area contributed by atoms with Crippen molar-refractivity contribution in [2.75, 3.05) is 0 Å². The second kappa shape index (κ2) is 9.05. The molecule has 0 amide bonds. The molecule has 0 fully saturated rings. The fourth-order valence-electron chi connectivity index (χ4n) is 3.31. The van der Waals surface area contributed by atoms with Crippen molar-refractivity contribution in [1.82, 2.24) is 0 Å². The third-order valence-corrected chi connectivity index (χ3v) is 5.55. The number of aliphatic hydroxyl groups is 1. The Labute approximate surface area is 166 Å². The predicted molar refractivity (Wildman–Crippen MR) is 118 cm³/mol. The molecule has 1 N–H and O–H groups in total. The third kappa shape index (κ3) is 6.13. The van der Waals surface area contributed by atoms with Gasteiger partial charge in [-0.05, 0) is 53.2 Å². The third-order valence-electron chi connectivity index (χ3n) is 4.77. The minimum absolute atomic E-state index is 0.0144. The maximum absolute atomic E-state index is 9.24. The second-order valence-corrected chi connectivity index (χ2v) is 9.66. The lowest BCUT2D eigenvalue weighted by Crippen LogP contribution is -2.28. The van der Waals surface area contributed by atoms with Gasteiger partial charge in [0.15, 0.2) is 0 Å². The molecule has 0 bridgehead atoms. The first-order chi connectivity index (χ1) is 12.2. The number of thiocarbonyl (C=S) groups is 1. The van der Waals surface area contributed by atoms with E-state index >= 15 is 0 Å². The van der Waals surface area contributed by atoms with Crippen LogP contribution in [0.5, 0.6) is 0 Å². The largest absolute Gasteiger partial charge is 0.494 e. The zero-order chi connectivity index (χ0) is 19.2. The molecule has 0 radical (unpaired) electrons. The number of allylic oxidation sites excluding steroid dienone is 1. The second-order valence-electron chi connectivity index (χ2n) is 8.15. The van der Waals surface area contributed by atoms with Crippen molar-refractivity contribution < 1.29 is 5.11 Å². The first-order valence-electron chi connectivity index (χ1n) is 9.21. The minimum atomic E-state index is -0.0996. The number of aliphatic hydroxyl groups excluding tert-OH is 1. The van der Waals surface area contributed by atoms with Gasteiger partial charge in [-0.2, -0.15) is 0 Å². The number of aliphatic imine (C=N–C) groups is 1. The van der Waals surface area contributed by atoms with E-state index in [1.54, 1.807) is 6.20 Å². The molecule has 1 aromatic carbocycles. The normalized spacial score (nSPS) is 20.7. The van der Waals surface area contributed by atoms with Crippen LogP contribution in [0.15, 0.2) is 45.5 Å². The topological polar surface area (TPSA) is 45.0 Å². The fourth-order valence-corrected chi connectivity index (χ4v) is 3.77. The van der Waals surface area contributed by atoms with E-state index in [1.807, 2.05) is 0 Å². The Kier molecular flexibility index (Phi) is 7.30. The molecule has 1 aromatic rings. The first kappa shape index (κ1) is 21.0. The lowest BCUT2D eigenvalue weighted by Gasteiger charge is -2.32. The lowest BCUT2D eigenvalue weighted by atomic mass is 9.74. The molecular weight excluding hydrogens is 360 g/mol. The molecule has 3 nitrogen and oxygen atoms in total. The molecule has 1 atom stereocenters. The lowest BCUT2D eigenvalue weighted by molar-refractivity contribution is 0.369. The van der Waals surface area contributed by atoms with Crippen molar-refractivity contribution in [2.45, 2.75) is 65.2 Å². The van der Waals surface area contributed by atoms with E-state index in [1.165, 1.54) is 11.1 Å². The van der Waals surface area contributed by atoms with E-state index in [9.17, 15) is 5.11 Å². The van der Waals surface area contributed by atoms with E-state index in [-0.39, 0.29) is 15.2 Å². The number of rotatable bonds is 6. The van der Waals surface area contributed by atoms with Gasteiger partial charge >= 0.3 is 0 Å². The molecule has 0 aromatic heterocycles. The standard InChI is InChI=1S/C21H30N2OS2/c1-5-6-11-21(13-18(14-22-15-21)23-26-19(24)25)12-16-7-9-17(10-8-16)20(2,3)4/h7-10,14-15,26H,5-6,11-13H2,1-4H3,(H,24,25). The Morgan fingerprint density at radius 2 is 2.00 bits per heavy atom. The van der Waals surface area contributed by atoms with Crippen LogP contribution >= 0.6 is 12.2 Å². The zero-order valence-corrected chi connectivity index (χ0v) is 17.9. The Hall–Kier alpha value is -1.33. The molecule has 26 heavy (non-hydrogen) atoms. The van der Waals surface area contributed by atoms with Gasteiger partial charge in [0.25, 0.3) is 0 Å². The van der Waals surface area contributed by atoms with Crippen molar-refractivity contribution in [1.29, 1.82) is 0 Å². The fraction of sp³-hybridized carbons (Fsp3) is 0.524. The van der Waals surface area contributed by atoms with Gasteiger partial charge in [-0.3, -0.25) is 4.99 Å². The monoisotopic (exact) mass is 390 g/mol. The summed E-state index contributed by atoms with van der Waals surface area (Å²) in [5.41, 5.74) is 3.75. The van der Waals surface area contributed by atoms with Gasteiger partial charge in [0, 0.05) is 24.3 Å². The van der Waals surface area contributed by atoms with Crippen LogP contribution in [0, 0.1) is 5.41 Å². The summed E-state index contributed by atoms with van der Waals surface area (Å²) in [6.45, 7) is 8.93. The first-order valence-corrected chi connectivity index (χ1v) is 10.5. The van der Waals surface area contributed by atoms with Gasteiger partial charge in [0.2, 0.25) is 4.38 Å². The van der Waals surface area contributed by atoms with Crippen LogP contribution in [0.1, 0.15) is 64.5 Å². The van der Waals surface area contributed by atoms with E-state index in [0.717, 1.165) is 37.8 Å². The average molecular weight is 391 g/mol. The molecule has 0 aliphatic carbocycles. The maximum atomic E-state index is 9.24. The summed E-state index contributed by atoms with van der Waals surface area (Å²) in [4.78, 5) is 4.49. The number of unbranched alkanes of at least 4 members (excludes halogenated alkanes) is 1. The average Bonchev–Trinajstić information content (AvgIpc) is 2.58. The summed E-state index contributed by atoms with van der Waals surface area (Å²) in [5, 5.41) is 9.24. The van der Waals surface area contributed by atoms with E-state index in [4.69, 9.17) is 12.2 Å². The molecule has 1 aliphatic heterocycles. The number of nitrogens with zero attached hydrogens (tertiary/aromatic N) is 2. The summed E-state index contributed by atoms with van der Waals surface area (Å²) in [6, 6.07) is 8.98. The summed E-state index contributed by atoms with van der Waals surface area (Å²) in [7, 11) is 0. The van der Waals surface area contributed by atoms with Crippen molar-refractivity contribution in [3.63, 3.8) is 0 Å². The number of hydrogen-bond acceptors (Lipinski definition) is 3. The maximum Gasteiger partial charge on any atom is 0.225 e. The van der Waals surface area contributed by atoms with Crippen molar-refractivity contribution >= 4 is 34.4 Å². The van der Waals surface area contributed by atoms with Crippen LogP contribution in [0.2, 0.25) is 0 Å². The molecule has 1 unspecified atom stereocenters. The van der Waals surface area contributed by atoms with Crippen molar-refractivity contribution in [3.05, 3.63) is 47.3 Å². The summed E-state index contributed by atoms with van der Waals surface area (Å²) in [6.07, 6.45) is 9.09. The van der Waals surface area contributed by atoms with Gasteiger partial charge in [0.05, 0.1) is 5.70 Å². The molecule has 142 valence electrons. The van der Waals surface area contributed by atoms with Crippen LogP contribution in [0.4, 0.5) is 0 Å². The minimum Gasteiger partial charge on any atom is -0.494 e. The number of thiol groups is 1. The van der Waals surface area contributed by atoms with E-state index in [2.05, 4.69) is 67.5 Å². The summed E-state index contributed by atoms with van der Waals surface area (Å²) in [5.74, 6) is 0. The predicted octanol–water partition coefficient (Wildman–Crippen LogP) is 5.86. The van der Waals surface area contributed by atoms with Crippen molar-refractivity contribution in [3.8, 4) is 0 Å². The highest BCUT2D eigenvalue weighted by Crippen LogP contribution is 2.37. The molecule has 2 rings (SSSR count). The van der Waals surface area contributed by atoms with Gasteiger partial charge in [-0.1, -0.05) is 64.8 Å². The summed E-state index contributed by atoms with van der Waals surface area (Å²) < 4.78 is 4.30. The van der Waals surface area contributed by atoms with E-state index < -0.39 is 0 Å². The van der Waals surface area contributed by atoms with Crippen LogP contribution in [-0.4, -0.2) is 15.7 Å². The Balaban J connectivity index is 2.21. The highest BCUT2D eigenvalue weighted by atomic mass is 32.2. The number of hydrogen-bond donors (Lipinski definition) is 2. The van der Waals surface area contributed by atoms with Gasteiger partial charge in [-0.25, -0.2) is 4.36 Å². The van der Waals surface area contributed by atoms with Crippen LogP contribution < -0.4 is 0 Å². The molecule has 0 spiro atoms. The van der Waals surface area contributed by atoms with Crippen LogP contribution in [-0.2, 0) is 23.4 Å². The van der Waals surface area contributed by atoms with Gasteiger partial charge in [-0.15, -0.1) is 0 Å². The Bertz CT molecular complexity index is 715. The molecular formula is C21H30N2OS2. The highest BCUT2D eigenvalue weighted by molar-refractivity contribution is 8.03. The molecule has 1 heterocycles. The smallest absolute Gasteiger partial charge is 0.225 e. The molecule has 0 saturated carbocycles.